The molecule has 0 bridgehead atoms. The molecule has 0 unspecified atom stereocenters. The van der Waals surface area contributed by atoms with Crippen molar-refractivity contribution in [3.63, 3.8) is 0 Å². The first kappa shape index (κ1) is 24.7. The molecule has 0 amide bonds. The molecule has 0 N–H and O–H groups in total. The van der Waals surface area contributed by atoms with Gasteiger partial charge in [-0.2, -0.15) is 0 Å². The van der Waals surface area contributed by atoms with Gasteiger partial charge in [0, 0.05) is 6.08 Å². The summed E-state index contributed by atoms with van der Waals surface area (Å²) < 4.78 is 5.35. The van der Waals surface area contributed by atoms with Gasteiger partial charge in [-0.25, -0.2) is 4.79 Å². The fourth-order valence-corrected chi connectivity index (χ4v) is 6.44. The number of hydrogen-bond acceptors (Lipinski definition) is 4. The fourth-order valence-electron chi connectivity index (χ4n) is 6.44. The highest BCUT2D eigenvalue weighted by Gasteiger charge is 2.50. The van der Waals surface area contributed by atoms with Gasteiger partial charge in [0.2, 0.25) is 0 Å². The van der Waals surface area contributed by atoms with Crippen molar-refractivity contribution in [3.8, 4) is 0 Å². The number of allylic oxidation sites excluding steroid dienone is 5. The molecular formula is C28H40O4. The number of ether oxygens (including phenoxy) is 1. The molecule has 0 aromatic carbocycles. The maximum absolute atomic E-state index is 12.6. The number of ketones is 1. The van der Waals surface area contributed by atoms with Crippen molar-refractivity contribution >= 4 is 18.0 Å². The molecular weight excluding hydrogens is 400 g/mol. The third-order valence-corrected chi connectivity index (χ3v) is 8.37. The molecule has 1 saturated carbocycles. The van der Waals surface area contributed by atoms with E-state index in [1.165, 1.54) is 12.8 Å². The summed E-state index contributed by atoms with van der Waals surface area (Å²) in [6, 6.07) is 0. The minimum absolute atomic E-state index is 0.0898. The Morgan fingerprint density at radius 3 is 2.81 bits per heavy atom. The lowest BCUT2D eigenvalue weighted by molar-refractivity contribution is -0.137. The fraction of sp³-hybridized carbons (Fsp3) is 0.679. The van der Waals surface area contributed by atoms with E-state index in [-0.39, 0.29) is 34.9 Å². The SMILES string of the molecule is CCCCCCOC(=O)/C=C/[C@H](C)[C@H]1CC[C@]2(C)C[C@@H]3C(C)=CC(=O)[C@H]3/C(C=O)=C\C[C@@H]12. The van der Waals surface area contributed by atoms with Gasteiger partial charge in [-0.15, -0.1) is 0 Å². The Bertz CT molecular complexity index is 804. The average molecular weight is 441 g/mol. The van der Waals surface area contributed by atoms with Gasteiger partial charge in [-0.3, -0.25) is 9.59 Å². The van der Waals surface area contributed by atoms with Crippen molar-refractivity contribution in [1.29, 1.82) is 0 Å². The minimum atomic E-state index is -0.284. The van der Waals surface area contributed by atoms with Crippen LogP contribution in [-0.4, -0.2) is 24.6 Å². The predicted molar refractivity (Wildman–Crippen MR) is 127 cm³/mol. The molecule has 3 rings (SSSR count). The molecule has 0 heterocycles. The first-order valence-electron chi connectivity index (χ1n) is 12.5. The molecule has 3 aliphatic carbocycles. The maximum Gasteiger partial charge on any atom is 0.330 e. The van der Waals surface area contributed by atoms with Crippen LogP contribution >= 0.6 is 0 Å². The van der Waals surface area contributed by atoms with Crippen LogP contribution in [0.15, 0.2) is 35.5 Å². The Morgan fingerprint density at radius 2 is 2.09 bits per heavy atom. The molecule has 0 saturated heterocycles. The molecule has 0 aliphatic heterocycles. The number of esters is 1. The van der Waals surface area contributed by atoms with Crippen molar-refractivity contribution in [2.75, 3.05) is 6.61 Å². The van der Waals surface area contributed by atoms with Gasteiger partial charge in [0.15, 0.2) is 5.78 Å². The highest BCUT2D eigenvalue weighted by Crippen LogP contribution is 2.58. The average Bonchev–Trinajstić information content (AvgIpc) is 3.21. The summed E-state index contributed by atoms with van der Waals surface area (Å²) in [6.45, 7) is 9.26. The lowest BCUT2D eigenvalue weighted by atomic mass is 9.63. The summed E-state index contributed by atoms with van der Waals surface area (Å²) in [5.74, 6) is 0.852. The number of fused-ring (bicyclic) bond motifs is 2. The Labute approximate surface area is 193 Å². The highest BCUT2D eigenvalue weighted by molar-refractivity contribution is 6.01. The number of rotatable bonds is 9. The predicted octanol–water partition coefficient (Wildman–Crippen LogP) is 6.02. The summed E-state index contributed by atoms with van der Waals surface area (Å²) in [4.78, 5) is 36.5. The van der Waals surface area contributed by atoms with Gasteiger partial charge in [-0.05, 0) is 79.8 Å². The zero-order valence-corrected chi connectivity index (χ0v) is 20.3. The first-order valence-corrected chi connectivity index (χ1v) is 12.5. The van der Waals surface area contributed by atoms with Gasteiger partial charge in [-0.1, -0.05) is 57.8 Å². The smallest absolute Gasteiger partial charge is 0.330 e. The van der Waals surface area contributed by atoms with Crippen LogP contribution in [0, 0.1) is 35.0 Å². The summed E-state index contributed by atoms with van der Waals surface area (Å²) in [6.07, 6.45) is 16.7. The zero-order valence-electron chi connectivity index (χ0n) is 20.3. The first-order chi connectivity index (χ1) is 15.3. The maximum atomic E-state index is 12.6. The molecule has 1 fully saturated rings. The summed E-state index contributed by atoms with van der Waals surface area (Å²) in [5, 5.41) is 0. The van der Waals surface area contributed by atoms with Crippen LogP contribution in [0.4, 0.5) is 0 Å². The van der Waals surface area contributed by atoms with E-state index in [0.717, 1.165) is 50.4 Å². The van der Waals surface area contributed by atoms with Crippen LogP contribution in [0.25, 0.3) is 0 Å². The second-order valence-corrected chi connectivity index (χ2v) is 10.5. The lowest BCUT2D eigenvalue weighted by Crippen LogP contribution is -2.34. The van der Waals surface area contributed by atoms with Crippen molar-refractivity contribution in [3.05, 3.63) is 35.5 Å². The van der Waals surface area contributed by atoms with E-state index in [1.807, 2.05) is 19.1 Å². The van der Waals surface area contributed by atoms with E-state index in [4.69, 9.17) is 4.74 Å². The number of hydrogen-bond donors (Lipinski definition) is 0. The van der Waals surface area contributed by atoms with E-state index >= 15 is 0 Å². The Morgan fingerprint density at radius 1 is 1.31 bits per heavy atom. The van der Waals surface area contributed by atoms with E-state index in [0.29, 0.717) is 24.0 Å². The minimum Gasteiger partial charge on any atom is -0.463 e. The van der Waals surface area contributed by atoms with Gasteiger partial charge in [0.05, 0.1) is 12.5 Å². The van der Waals surface area contributed by atoms with Crippen LogP contribution in [0.2, 0.25) is 0 Å². The normalized spacial score (nSPS) is 34.7. The van der Waals surface area contributed by atoms with Crippen molar-refractivity contribution in [1.82, 2.24) is 0 Å². The summed E-state index contributed by atoms with van der Waals surface area (Å²) in [7, 11) is 0. The molecule has 32 heavy (non-hydrogen) atoms. The largest absolute Gasteiger partial charge is 0.463 e. The topological polar surface area (TPSA) is 60.4 Å². The van der Waals surface area contributed by atoms with Crippen LogP contribution in [-0.2, 0) is 19.1 Å². The summed E-state index contributed by atoms with van der Waals surface area (Å²) in [5.41, 5.74) is 1.92. The Hall–Kier alpha value is -1.97. The van der Waals surface area contributed by atoms with Crippen LogP contribution in [0.5, 0.6) is 0 Å². The molecule has 0 aromatic heterocycles. The third-order valence-electron chi connectivity index (χ3n) is 8.37. The molecule has 176 valence electrons. The summed E-state index contributed by atoms with van der Waals surface area (Å²) >= 11 is 0. The van der Waals surface area contributed by atoms with Gasteiger partial charge in [0.1, 0.15) is 6.29 Å². The van der Waals surface area contributed by atoms with Crippen LogP contribution in [0.3, 0.4) is 0 Å². The monoisotopic (exact) mass is 440 g/mol. The number of unbranched alkanes of at least 4 members (excludes halogenated alkanes) is 3. The number of aldehydes is 1. The lowest BCUT2D eigenvalue weighted by Gasteiger charge is -2.40. The molecule has 0 spiro atoms. The molecule has 6 atom stereocenters. The van der Waals surface area contributed by atoms with Crippen molar-refractivity contribution in [2.45, 2.75) is 79.1 Å². The standard InChI is InChI=1S/C28H40O4/c1-5-6-7-8-15-32-26(31)12-9-19(2)22-13-14-28(4)17-23-20(3)16-25(30)27(23)21(18-29)10-11-24(22)28/h9-10,12,16,18-19,22-24,27H,5-8,11,13-15,17H2,1-4H3/b12-9+,21-10-/t19-,22+,23+,24-,27-,28+/m0/s1. The number of carbonyl (C=O) groups is 3. The molecule has 3 aliphatic rings. The second-order valence-electron chi connectivity index (χ2n) is 10.5. The molecule has 0 aromatic rings. The van der Waals surface area contributed by atoms with Crippen LogP contribution in [0.1, 0.15) is 79.1 Å². The molecule has 4 nitrogen and oxygen atoms in total. The zero-order chi connectivity index (χ0) is 23.3. The van der Waals surface area contributed by atoms with Gasteiger partial charge >= 0.3 is 5.97 Å². The Kier molecular flexibility index (Phi) is 8.30. The van der Waals surface area contributed by atoms with Crippen molar-refractivity contribution in [2.24, 2.45) is 35.0 Å². The van der Waals surface area contributed by atoms with E-state index in [2.05, 4.69) is 20.8 Å². The van der Waals surface area contributed by atoms with E-state index in [1.54, 1.807) is 12.2 Å². The van der Waals surface area contributed by atoms with Crippen molar-refractivity contribution < 1.29 is 19.1 Å². The van der Waals surface area contributed by atoms with E-state index < -0.39 is 0 Å². The molecule has 0 radical (unpaired) electrons. The highest BCUT2D eigenvalue weighted by atomic mass is 16.5. The second kappa shape index (κ2) is 10.8. The molecule has 4 heteroatoms. The van der Waals surface area contributed by atoms with Gasteiger partial charge in [0.25, 0.3) is 0 Å². The van der Waals surface area contributed by atoms with Crippen LogP contribution < -0.4 is 0 Å². The van der Waals surface area contributed by atoms with Gasteiger partial charge < -0.3 is 4.74 Å². The Balaban J connectivity index is 1.67. The third kappa shape index (κ3) is 5.32. The van der Waals surface area contributed by atoms with E-state index in [9.17, 15) is 14.4 Å². The quantitative estimate of drug-likeness (QED) is 0.190. The number of carbonyl (C=O) groups excluding carboxylic acids is 3.